The van der Waals surface area contributed by atoms with Crippen LogP contribution in [0, 0.1) is 0 Å². The number of rotatable bonds is 2. The van der Waals surface area contributed by atoms with Crippen LogP contribution >= 0.6 is 0 Å². The molecule has 0 spiro atoms. The predicted octanol–water partition coefficient (Wildman–Crippen LogP) is 1.40. The van der Waals surface area contributed by atoms with Crippen molar-refractivity contribution in [2.75, 3.05) is 12.4 Å². The van der Waals surface area contributed by atoms with E-state index in [1.165, 1.54) is 12.0 Å². The van der Waals surface area contributed by atoms with Crippen molar-refractivity contribution in [1.29, 1.82) is 0 Å². The fourth-order valence-corrected chi connectivity index (χ4v) is 2.13. The molecule has 0 saturated heterocycles. The van der Waals surface area contributed by atoms with Gasteiger partial charge in [-0.3, -0.25) is 0 Å². The van der Waals surface area contributed by atoms with Gasteiger partial charge in [-0.05, 0) is 19.3 Å². The Morgan fingerprint density at radius 2 is 2.25 bits per heavy atom. The van der Waals surface area contributed by atoms with E-state index in [2.05, 4.69) is 25.3 Å². The van der Waals surface area contributed by atoms with Crippen LogP contribution < -0.4 is 5.32 Å². The van der Waals surface area contributed by atoms with E-state index in [0.29, 0.717) is 5.82 Å². The highest BCUT2D eigenvalue weighted by molar-refractivity contribution is 5.55. The average Bonchev–Trinajstić information content (AvgIpc) is 2.97. The first-order valence-electron chi connectivity index (χ1n) is 5.46. The second-order valence-electron chi connectivity index (χ2n) is 3.86. The summed E-state index contributed by atoms with van der Waals surface area (Å²) >= 11 is 0. The summed E-state index contributed by atoms with van der Waals surface area (Å²) in [6.07, 6.45) is 6.78. The molecule has 2 aromatic rings. The molecule has 0 fully saturated rings. The summed E-state index contributed by atoms with van der Waals surface area (Å²) in [4.78, 5) is 16.3. The van der Waals surface area contributed by atoms with Gasteiger partial charge in [-0.2, -0.15) is 0 Å². The molecule has 3 rings (SSSR count). The van der Waals surface area contributed by atoms with Crippen LogP contribution in [0.2, 0.25) is 0 Å². The number of nitrogens with zero attached hydrogens (tertiary/aromatic N) is 3. The molecule has 0 amide bonds. The Morgan fingerprint density at radius 3 is 3.00 bits per heavy atom. The SMILES string of the molecule is CNc1nc(-c2ncc[nH]2)nc2c1CCC2. The standard InChI is InChI=1S/C11H13N5/c1-12-9-7-3-2-4-8(7)15-11(16-9)10-13-5-6-14-10/h5-6H,2-4H2,1H3,(H,13,14)(H,12,15,16). The highest BCUT2D eigenvalue weighted by atomic mass is 15.1. The lowest BCUT2D eigenvalue weighted by Crippen LogP contribution is -2.03. The van der Waals surface area contributed by atoms with Crippen molar-refractivity contribution >= 4 is 5.82 Å². The van der Waals surface area contributed by atoms with Gasteiger partial charge in [0.2, 0.25) is 0 Å². The number of imidazole rings is 1. The number of H-pyrrole nitrogens is 1. The molecular weight excluding hydrogens is 202 g/mol. The van der Waals surface area contributed by atoms with Crippen molar-refractivity contribution in [1.82, 2.24) is 19.9 Å². The lowest BCUT2D eigenvalue weighted by atomic mass is 10.2. The first-order valence-corrected chi connectivity index (χ1v) is 5.46. The van der Waals surface area contributed by atoms with Crippen LogP contribution in [0.5, 0.6) is 0 Å². The summed E-state index contributed by atoms with van der Waals surface area (Å²) in [5.74, 6) is 2.34. The van der Waals surface area contributed by atoms with Crippen LogP contribution in [-0.4, -0.2) is 27.0 Å². The zero-order chi connectivity index (χ0) is 11.0. The van der Waals surface area contributed by atoms with Crippen molar-refractivity contribution < 1.29 is 0 Å². The zero-order valence-electron chi connectivity index (χ0n) is 9.12. The third-order valence-corrected chi connectivity index (χ3v) is 2.88. The number of aryl methyl sites for hydroxylation is 1. The number of fused-ring (bicyclic) bond motifs is 1. The molecule has 2 N–H and O–H groups in total. The lowest BCUT2D eigenvalue weighted by Gasteiger charge is -2.07. The zero-order valence-corrected chi connectivity index (χ0v) is 9.12. The van der Waals surface area contributed by atoms with Crippen LogP contribution in [0.15, 0.2) is 12.4 Å². The van der Waals surface area contributed by atoms with E-state index in [1.807, 2.05) is 7.05 Å². The van der Waals surface area contributed by atoms with Crippen molar-refractivity contribution in [3.63, 3.8) is 0 Å². The molecule has 82 valence electrons. The molecule has 2 aromatic heterocycles. The van der Waals surface area contributed by atoms with Gasteiger partial charge >= 0.3 is 0 Å². The molecule has 1 aliphatic rings. The summed E-state index contributed by atoms with van der Waals surface area (Å²) in [6, 6.07) is 0. The molecule has 16 heavy (non-hydrogen) atoms. The number of hydrogen-bond donors (Lipinski definition) is 2. The van der Waals surface area contributed by atoms with E-state index < -0.39 is 0 Å². The smallest absolute Gasteiger partial charge is 0.197 e. The maximum atomic E-state index is 4.56. The Labute approximate surface area is 93.4 Å². The Balaban J connectivity index is 2.15. The Morgan fingerprint density at radius 1 is 1.31 bits per heavy atom. The van der Waals surface area contributed by atoms with Crippen molar-refractivity contribution in [2.24, 2.45) is 0 Å². The monoisotopic (exact) mass is 215 g/mol. The summed E-state index contributed by atoms with van der Waals surface area (Å²) in [6.45, 7) is 0. The van der Waals surface area contributed by atoms with E-state index in [0.717, 1.165) is 30.2 Å². The quantitative estimate of drug-likeness (QED) is 0.794. The van der Waals surface area contributed by atoms with Crippen LogP contribution in [0.1, 0.15) is 17.7 Å². The number of aromatic nitrogens is 4. The average molecular weight is 215 g/mol. The van der Waals surface area contributed by atoms with Gasteiger partial charge in [0.05, 0.1) is 0 Å². The van der Waals surface area contributed by atoms with Gasteiger partial charge in [0.15, 0.2) is 11.6 Å². The van der Waals surface area contributed by atoms with Crippen LogP contribution in [0.25, 0.3) is 11.6 Å². The highest BCUT2D eigenvalue weighted by Gasteiger charge is 2.19. The Kier molecular flexibility index (Phi) is 2.09. The normalized spacial score (nSPS) is 13.8. The second-order valence-corrected chi connectivity index (χ2v) is 3.86. The first kappa shape index (κ1) is 9.33. The fourth-order valence-electron chi connectivity index (χ4n) is 2.13. The number of hydrogen-bond acceptors (Lipinski definition) is 4. The van der Waals surface area contributed by atoms with Crippen molar-refractivity contribution in [2.45, 2.75) is 19.3 Å². The number of anilines is 1. The maximum absolute atomic E-state index is 4.56. The maximum Gasteiger partial charge on any atom is 0.197 e. The van der Waals surface area contributed by atoms with Crippen molar-refractivity contribution in [3.8, 4) is 11.6 Å². The molecule has 0 aromatic carbocycles. The summed E-state index contributed by atoms with van der Waals surface area (Å²) in [7, 11) is 1.90. The van der Waals surface area contributed by atoms with Crippen LogP contribution in [0.3, 0.4) is 0 Å². The van der Waals surface area contributed by atoms with E-state index in [4.69, 9.17) is 0 Å². The first-order chi connectivity index (χ1) is 7.88. The molecule has 0 saturated carbocycles. The van der Waals surface area contributed by atoms with E-state index >= 15 is 0 Å². The lowest BCUT2D eigenvalue weighted by molar-refractivity contribution is 0.899. The molecule has 0 atom stereocenters. The van der Waals surface area contributed by atoms with Gasteiger partial charge in [-0.15, -0.1) is 0 Å². The number of aromatic amines is 1. The highest BCUT2D eigenvalue weighted by Crippen LogP contribution is 2.27. The van der Waals surface area contributed by atoms with Gasteiger partial charge in [0, 0.05) is 30.7 Å². The van der Waals surface area contributed by atoms with Gasteiger partial charge in [0.1, 0.15) is 5.82 Å². The van der Waals surface area contributed by atoms with Gasteiger partial charge in [0.25, 0.3) is 0 Å². The Hall–Kier alpha value is -1.91. The fraction of sp³-hybridized carbons (Fsp3) is 0.364. The topological polar surface area (TPSA) is 66.5 Å². The minimum absolute atomic E-state index is 0.676. The molecule has 0 radical (unpaired) electrons. The molecule has 0 unspecified atom stereocenters. The molecule has 0 aliphatic heterocycles. The third kappa shape index (κ3) is 1.36. The molecule has 2 heterocycles. The van der Waals surface area contributed by atoms with E-state index in [-0.39, 0.29) is 0 Å². The van der Waals surface area contributed by atoms with E-state index in [1.54, 1.807) is 12.4 Å². The molecular formula is C11H13N5. The molecule has 5 nitrogen and oxygen atoms in total. The van der Waals surface area contributed by atoms with Crippen molar-refractivity contribution in [3.05, 3.63) is 23.7 Å². The van der Waals surface area contributed by atoms with Gasteiger partial charge < -0.3 is 10.3 Å². The number of nitrogens with one attached hydrogen (secondary N) is 2. The summed E-state index contributed by atoms with van der Waals surface area (Å²) in [5.41, 5.74) is 2.42. The largest absolute Gasteiger partial charge is 0.373 e. The van der Waals surface area contributed by atoms with Gasteiger partial charge in [-0.1, -0.05) is 0 Å². The van der Waals surface area contributed by atoms with Crippen LogP contribution in [0.4, 0.5) is 5.82 Å². The molecule has 5 heteroatoms. The second kappa shape index (κ2) is 3.59. The van der Waals surface area contributed by atoms with Crippen LogP contribution in [-0.2, 0) is 12.8 Å². The third-order valence-electron chi connectivity index (χ3n) is 2.88. The summed E-state index contributed by atoms with van der Waals surface area (Å²) in [5, 5.41) is 3.14. The minimum Gasteiger partial charge on any atom is -0.373 e. The van der Waals surface area contributed by atoms with Gasteiger partial charge in [-0.25, -0.2) is 15.0 Å². The molecule has 0 bridgehead atoms. The summed E-state index contributed by atoms with van der Waals surface area (Å²) < 4.78 is 0. The predicted molar refractivity (Wildman–Crippen MR) is 61.2 cm³/mol. The Bertz CT molecular complexity index is 503. The molecule has 1 aliphatic carbocycles. The minimum atomic E-state index is 0.676. The van der Waals surface area contributed by atoms with E-state index in [9.17, 15) is 0 Å².